The van der Waals surface area contributed by atoms with E-state index in [1.165, 1.54) is 70.1 Å². The molecule has 0 unspecified atom stereocenters. The summed E-state index contributed by atoms with van der Waals surface area (Å²) in [7, 11) is 3.91. The standard InChI is InChI=1S/C4H8S3.C4H8S2.C3H6S3.C2H4S3/c1-2-6-4-7-3-5-1;1-2-6-4-3-5-1;1-4-2-6-3-5-1;1-3-2-5-4-1/h1-4H2;1-4H2;1-3H2;1-2H2. The Morgan fingerprint density at radius 3 is 0.833 bits per heavy atom. The van der Waals surface area contributed by atoms with Gasteiger partial charge in [0.25, 0.3) is 0 Å². The zero-order chi connectivity index (χ0) is 17.0. The third-order valence-corrected chi connectivity index (χ3v) is 17.2. The molecule has 4 aliphatic rings. The molecule has 4 fully saturated rings. The van der Waals surface area contributed by atoms with Crippen LogP contribution in [-0.2, 0) is 0 Å². The highest BCUT2D eigenvalue weighted by Gasteiger charge is 1.98. The highest BCUT2D eigenvalue weighted by Crippen LogP contribution is 2.37. The monoisotopic (exact) mass is 534 g/mol. The van der Waals surface area contributed by atoms with Crippen LogP contribution in [0.2, 0.25) is 0 Å². The van der Waals surface area contributed by atoms with Crippen LogP contribution in [0.3, 0.4) is 0 Å². The summed E-state index contributed by atoms with van der Waals surface area (Å²) in [5.41, 5.74) is 0. The molecular weight excluding hydrogens is 509 g/mol. The number of thioether (sulfide) groups is 9. The first-order valence-electron chi connectivity index (χ1n) is 7.44. The zero-order valence-electron chi connectivity index (χ0n) is 13.7. The number of hydrogen-bond acceptors (Lipinski definition) is 11. The summed E-state index contributed by atoms with van der Waals surface area (Å²) in [6.07, 6.45) is 0. The van der Waals surface area contributed by atoms with Gasteiger partial charge in [0.1, 0.15) is 0 Å². The molecule has 0 N–H and O–H groups in total. The highest BCUT2D eigenvalue weighted by molar-refractivity contribution is 8.82. The largest absolute Gasteiger partial charge is 0.160 e. The maximum atomic E-state index is 2.07. The van der Waals surface area contributed by atoms with Gasteiger partial charge < -0.3 is 0 Å². The summed E-state index contributed by atoms with van der Waals surface area (Å²) in [4.78, 5) is 0. The minimum atomic E-state index is 1.30. The molecule has 0 aromatic carbocycles. The molecule has 24 heavy (non-hydrogen) atoms. The van der Waals surface area contributed by atoms with Crippen LogP contribution in [0.25, 0.3) is 0 Å². The van der Waals surface area contributed by atoms with Crippen molar-refractivity contribution in [2.75, 3.05) is 70.1 Å². The average Bonchev–Trinajstić information content (AvgIpc) is 3.14. The first-order valence-corrected chi connectivity index (χ1v) is 20.3. The molecule has 0 saturated carbocycles. The Hall–Kier alpha value is 3.85. The first-order chi connectivity index (χ1) is 12.0. The maximum Gasteiger partial charge on any atom is 0.0505 e. The number of rotatable bonds is 0. The Labute approximate surface area is 195 Å². The lowest BCUT2D eigenvalue weighted by Crippen LogP contribution is -1.97. The van der Waals surface area contributed by atoms with E-state index in [2.05, 4.69) is 47.0 Å². The molecule has 0 amide bonds. The smallest absolute Gasteiger partial charge is 0.0505 e. The molecule has 0 spiro atoms. The van der Waals surface area contributed by atoms with Crippen LogP contribution in [0, 0.1) is 0 Å². The fraction of sp³-hybridized carbons (Fsp3) is 1.00. The Morgan fingerprint density at radius 2 is 0.542 bits per heavy atom. The van der Waals surface area contributed by atoms with Crippen molar-refractivity contribution in [2.45, 2.75) is 0 Å². The van der Waals surface area contributed by atoms with Crippen LogP contribution in [0.5, 0.6) is 0 Å². The second-order valence-corrected chi connectivity index (χ2v) is 18.7. The Kier molecular flexibility index (Phi) is 24.9. The van der Waals surface area contributed by atoms with Gasteiger partial charge in [0.15, 0.2) is 0 Å². The normalized spacial score (nSPS) is 24.0. The van der Waals surface area contributed by atoms with E-state index in [1.54, 1.807) is 0 Å². The lowest BCUT2D eigenvalue weighted by atomic mass is 10.9. The summed E-state index contributed by atoms with van der Waals surface area (Å²) in [5.74, 6) is 8.24. The van der Waals surface area contributed by atoms with Gasteiger partial charge in [-0.3, -0.25) is 0 Å². The Morgan fingerprint density at radius 1 is 0.250 bits per heavy atom. The second-order valence-electron chi connectivity index (χ2n) is 4.12. The van der Waals surface area contributed by atoms with Gasteiger partial charge in [0, 0.05) is 59.9 Å². The predicted molar refractivity (Wildman–Crippen MR) is 147 cm³/mol. The molecule has 0 aliphatic carbocycles. The van der Waals surface area contributed by atoms with Crippen molar-refractivity contribution in [1.82, 2.24) is 0 Å². The molecule has 0 nitrogen and oxygen atoms in total. The topological polar surface area (TPSA) is 0 Å². The SMILES string of the molecule is C1CSCCS1.C1CSCSCS1.C1SCSCS1.C1SCSS1. The van der Waals surface area contributed by atoms with Crippen LogP contribution in [0.15, 0.2) is 0 Å². The zero-order valence-corrected chi connectivity index (χ0v) is 22.7. The highest BCUT2D eigenvalue weighted by atomic mass is 33.1. The van der Waals surface area contributed by atoms with E-state index in [0.29, 0.717) is 0 Å². The van der Waals surface area contributed by atoms with Crippen molar-refractivity contribution in [3.8, 4) is 0 Å². The molecule has 4 aliphatic heterocycles. The van der Waals surface area contributed by atoms with E-state index in [1.807, 2.05) is 80.4 Å². The molecule has 11 heteroatoms. The molecular formula is C13H26S11. The van der Waals surface area contributed by atoms with Gasteiger partial charge >= 0.3 is 0 Å². The maximum absolute atomic E-state index is 2.07. The van der Waals surface area contributed by atoms with Gasteiger partial charge in [-0.1, -0.05) is 21.6 Å². The van der Waals surface area contributed by atoms with E-state index in [9.17, 15) is 0 Å². The fourth-order valence-electron chi connectivity index (χ4n) is 1.28. The van der Waals surface area contributed by atoms with Crippen LogP contribution in [0.4, 0.5) is 0 Å². The van der Waals surface area contributed by atoms with Gasteiger partial charge in [-0.05, 0) is 0 Å². The Bertz CT molecular complexity index is 170. The minimum absolute atomic E-state index is 1.30. The lowest BCUT2D eigenvalue weighted by molar-refractivity contribution is 1.43. The molecule has 4 rings (SSSR count). The molecule has 4 heterocycles. The molecule has 4 saturated heterocycles. The van der Waals surface area contributed by atoms with E-state index >= 15 is 0 Å². The van der Waals surface area contributed by atoms with Crippen molar-refractivity contribution >= 4 is 127 Å². The van der Waals surface area contributed by atoms with Gasteiger partial charge in [-0.25, -0.2) is 0 Å². The molecule has 0 bridgehead atoms. The van der Waals surface area contributed by atoms with E-state index < -0.39 is 0 Å². The molecule has 0 aromatic heterocycles. The summed E-state index contributed by atoms with van der Waals surface area (Å²) in [6, 6.07) is 0. The number of hydrogen-bond donors (Lipinski definition) is 0. The lowest BCUT2D eigenvalue weighted by Gasteiger charge is -2.05. The van der Waals surface area contributed by atoms with Crippen molar-refractivity contribution in [3.63, 3.8) is 0 Å². The van der Waals surface area contributed by atoms with Crippen molar-refractivity contribution in [1.29, 1.82) is 0 Å². The molecule has 0 radical (unpaired) electrons. The second kappa shape index (κ2) is 23.1. The average molecular weight is 535 g/mol. The van der Waals surface area contributed by atoms with Crippen LogP contribution < -0.4 is 0 Å². The molecule has 0 aromatic rings. The van der Waals surface area contributed by atoms with Crippen molar-refractivity contribution < 1.29 is 0 Å². The Balaban J connectivity index is 0.000000161. The quantitative estimate of drug-likeness (QED) is 0.281. The van der Waals surface area contributed by atoms with Crippen LogP contribution in [-0.4, -0.2) is 70.1 Å². The van der Waals surface area contributed by atoms with Crippen molar-refractivity contribution in [2.24, 2.45) is 0 Å². The van der Waals surface area contributed by atoms with Gasteiger partial charge in [0.05, 0.1) is 10.2 Å². The minimum Gasteiger partial charge on any atom is -0.160 e. The van der Waals surface area contributed by atoms with Gasteiger partial charge in [-0.2, -0.15) is 47.0 Å². The molecule has 0 atom stereocenters. The third-order valence-electron chi connectivity index (χ3n) is 2.30. The third kappa shape index (κ3) is 20.6. The fourth-order valence-corrected chi connectivity index (χ4v) is 15.8. The van der Waals surface area contributed by atoms with Gasteiger partial charge in [-0.15, -0.1) is 58.8 Å². The molecule has 144 valence electrons. The van der Waals surface area contributed by atoms with Crippen LogP contribution >= 0.6 is 127 Å². The summed E-state index contributed by atoms with van der Waals surface area (Å²) >= 11 is 18.4. The predicted octanol–water partition coefficient (Wildman–Crippen LogP) is 7.68. The first kappa shape index (κ1) is 25.9. The van der Waals surface area contributed by atoms with E-state index in [-0.39, 0.29) is 0 Å². The van der Waals surface area contributed by atoms with Crippen LogP contribution in [0.1, 0.15) is 0 Å². The van der Waals surface area contributed by atoms with Gasteiger partial charge in [0.2, 0.25) is 0 Å². The summed E-state index contributed by atoms with van der Waals surface area (Å²) in [6.45, 7) is 0. The van der Waals surface area contributed by atoms with Crippen molar-refractivity contribution in [3.05, 3.63) is 0 Å². The summed E-state index contributed by atoms with van der Waals surface area (Å²) in [5, 5.41) is 9.16. The summed E-state index contributed by atoms with van der Waals surface area (Å²) < 4.78 is 0. The van der Waals surface area contributed by atoms with E-state index in [0.717, 1.165) is 0 Å². The van der Waals surface area contributed by atoms with E-state index in [4.69, 9.17) is 0 Å².